The molecule has 0 radical (unpaired) electrons. The molecule has 82 valence electrons. The topological polar surface area (TPSA) is 20.2 Å². The Balaban J connectivity index is 2.94. The summed E-state index contributed by atoms with van der Waals surface area (Å²) in [6.07, 6.45) is 6.32. The highest BCUT2D eigenvalue weighted by Gasteiger charge is 2.07. The SMILES string of the molecule is CCCC=Cc1cccc(C(C)C)c1O. The number of aromatic hydroxyl groups is 1. The molecule has 1 N–H and O–H groups in total. The number of allylic oxidation sites excluding steroid dienone is 1. The first-order valence-corrected chi connectivity index (χ1v) is 5.65. The quantitative estimate of drug-likeness (QED) is 0.774. The van der Waals surface area contributed by atoms with Gasteiger partial charge in [-0.15, -0.1) is 0 Å². The Morgan fingerprint density at radius 2 is 2.07 bits per heavy atom. The normalized spacial score (nSPS) is 11.5. The minimum atomic E-state index is 0.365. The van der Waals surface area contributed by atoms with Crippen LogP contribution in [0, 0.1) is 0 Å². The van der Waals surface area contributed by atoms with Crippen LogP contribution in [0.4, 0.5) is 0 Å². The van der Waals surface area contributed by atoms with Crippen molar-refractivity contribution in [3.05, 3.63) is 35.4 Å². The van der Waals surface area contributed by atoms with E-state index >= 15 is 0 Å². The van der Waals surface area contributed by atoms with Crippen LogP contribution in [0.25, 0.3) is 6.08 Å². The number of benzene rings is 1. The first kappa shape index (κ1) is 11.8. The molecule has 0 aliphatic rings. The van der Waals surface area contributed by atoms with Crippen molar-refractivity contribution in [3.63, 3.8) is 0 Å². The first-order chi connectivity index (χ1) is 7.16. The molecule has 0 aromatic heterocycles. The molecule has 0 aliphatic heterocycles. The molecule has 0 atom stereocenters. The fraction of sp³-hybridized carbons (Fsp3) is 0.429. The van der Waals surface area contributed by atoms with E-state index in [9.17, 15) is 5.11 Å². The van der Waals surface area contributed by atoms with Crippen LogP contribution in [-0.2, 0) is 0 Å². The van der Waals surface area contributed by atoms with Gasteiger partial charge in [-0.25, -0.2) is 0 Å². The molecular weight excluding hydrogens is 184 g/mol. The predicted octanol–water partition coefficient (Wildman–Crippen LogP) is 4.33. The minimum Gasteiger partial charge on any atom is -0.507 e. The van der Waals surface area contributed by atoms with Crippen molar-refractivity contribution in [2.24, 2.45) is 0 Å². The molecular formula is C14H20O. The van der Waals surface area contributed by atoms with Gasteiger partial charge in [-0.05, 0) is 17.9 Å². The number of rotatable bonds is 4. The molecule has 0 heterocycles. The fourth-order valence-electron chi connectivity index (χ4n) is 1.56. The number of phenolic OH excluding ortho intramolecular Hbond substituents is 1. The summed E-state index contributed by atoms with van der Waals surface area (Å²) in [7, 11) is 0. The van der Waals surface area contributed by atoms with Gasteiger partial charge in [0.1, 0.15) is 5.75 Å². The van der Waals surface area contributed by atoms with Gasteiger partial charge in [-0.2, -0.15) is 0 Å². The van der Waals surface area contributed by atoms with E-state index in [0.717, 1.165) is 24.0 Å². The Bertz CT molecular complexity index is 337. The van der Waals surface area contributed by atoms with Crippen LogP contribution in [0.15, 0.2) is 24.3 Å². The zero-order chi connectivity index (χ0) is 11.3. The average molecular weight is 204 g/mol. The number of hydrogen-bond donors (Lipinski definition) is 1. The van der Waals surface area contributed by atoms with Gasteiger partial charge >= 0.3 is 0 Å². The lowest BCUT2D eigenvalue weighted by Gasteiger charge is -2.09. The van der Waals surface area contributed by atoms with E-state index in [1.165, 1.54) is 0 Å². The predicted molar refractivity (Wildman–Crippen MR) is 66.1 cm³/mol. The molecule has 0 aliphatic carbocycles. The van der Waals surface area contributed by atoms with Crippen LogP contribution >= 0.6 is 0 Å². The third-order valence-corrected chi connectivity index (χ3v) is 2.47. The minimum absolute atomic E-state index is 0.365. The van der Waals surface area contributed by atoms with Crippen molar-refractivity contribution < 1.29 is 5.11 Å². The summed E-state index contributed by atoms with van der Waals surface area (Å²) in [5.41, 5.74) is 1.95. The lowest BCUT2D eigenvalue weighted by Crippen LogP contribution is -1.89. The van der Waals surface area contributed by atoms with Crippen LogP contribution in [-0.4, -0.2) is 5.11 Å². The lowest BCUT2D eigenvalue weighted by molar-refractivity contribution is 0.463. The van der Waals surface area contributed by atoms with Gasteiger partial charge in [0.05, 0.1) is 0 Å². The average Bonchev–Trinajstić information content (AvgIpc) is 2.20. The van der Waals surface area contributed by atoms with E-state index < -0.39 is 0 Å². The van der Waals surface area contributed by atoms with Gasteiger partial charge in [-0.1, -0.05) is 57.5 Å². The van der Waals surface area contributed by atoms with E-state index in [1.807, 2.05) is 24.3 Å². The zero-order valence-electron chi connectivity index (χ0n) is 9.83. The van der Waals surface area contributed by atoms with Gasteiger partial charge in [0.15, 0.2) is 0 Å². The van der Waals surface area contributed by atoms with E-state index in [1.54, 1.807) is 0 Å². The highest BCUT2D eigenvalue weighted by atomic mass is 16.3. The Morgan fingerprint density at radius 1 is 1.33 bits per heavy atom. The molecule has 0 fully saturated rings. The number of para-hydroxylation sites is 1. The molecule has 1 aromatic carbocycles. The van der Waals surface area contributed by atoms with Crippen LogP contribution in [0.1, 0.15) is 50.7 Å². The maximum Gasteiger partial charge on any atom is 0.126 e. The molecule has 0 unspecified atom stereocenters. The molecule has 0 saturated heterocycles. The Labute approximate surface area is 92.5 Å². The smallest absolute Gasteiger partial charge is 0.126 e. The maximum atomic E-state index is 10.0. The van der Waals surface area contributed by atoms with Crippen molar-refractivity contribution in [1.29, 1.82) is 0 Å². The molecule has 1 heteroatoms. The molecule has 1 aromatic rings. The van der Waals surface area contributed by atoms with Crippen molar-refractivity contribution >= 4 is 6.08 Å². The summed E-state index contributed by atoms with van der Waals surface area (Å²) in [4.78, 5) is 0. The fourth-order valence-corrected chi connectivity index (χ4v) is 1.56. The Kier molecular flexibility index (Phi) is 4.41. The summed E-state index contributed by atoms with van der Waals surface area (Å²) in [5.74, 6) is 0.796. The highest BCUT2D eigenvalue weighted by molar-refractivity contribution is 5.59. The lowest BCUT2D eigenvalue weighted by atomic mass is 9.99. The number of phenols is 1. The van der Waals surface area contributed by atoms with E-state index in [-0.39, 0.29) is 0 Å². The van der Waals surface area contributed by atoms with Crippen molar-refractivity contribution in [2.45, 2.75) is 39.5 Å². The molecule has 1 nitrogen and oxygen atoms in total. The summed E-state index contributed by atoms with van der Waals surface area (Å²) in [5, 5.41) is 10.0. The molecule has 0 amide bonds. The number of hydrogen-bond acceptors (Lipinski definition) is 1. The second-order valence-electron chi connectivity index (χ2n) is 4.13. The molecule has 0 saturated carbocycles. The second kappa shape index (κ2) is 5.59. The molecule has 0 spiro atoms. The van der Waals surface area contributed by atoms with Gasteiger partial charge in [0, 0.05) is 5.56 Å². The zero-order valence-corrected chi connectivity index (χ0v) is 9.83. The molecule has 15 heavy (non-hydrogen) atoms. The summed E-state index contributed by atoms with van der Waals surface area (Å²) < 4.78 is 0. The van der Waals surface area contributed by atoms with E-state index in [2.05, 4.69) is 26.8 Å². The second-order valence-corrected chi connectivity index (χ2v) is 4.13. The summed E-state index contributed by atoms with van der Waals surface area (Å²) >= 11 is 0. The Hall–Kier alpha value is -1.24. The van der Waals surface area contributed by atoms with Crippen LogP contribution < -0.4 is 0 Å². The molecule has 0 bridgehead atoms. The summed E-state index contributed by atoms with van der Waals surface area (Å²) in [6.45, 7) is 6.33. The van der Waals surface area contributed by atoms with Crippen molar-refractivity contribution in [2.75, 3.05) is 0 Å². The van der Waals surface area contributed by atoms with Crippen LogP contribution in [0.5, 0.6) is 5.75 Å². The van der Waals surface area contributed by atoms with Crippen molar-refractivity contribution in [3.8, 4) is 5.75 Å². The highest BCUT2D eigenvalue weighted by Crippen LogP contribution is 2.29. The van der Waals surface area contributed by atoms with Gasteiger partial charge in [0.2, 0.25) is 0 Å². The third kappa shape index (κ3) is 3.12. The maximum absolute atomic E-state index is 10.0. The Morgan fingerprint density at radius 3 is 2.67 bits per heavy atom. The third-order valence-electron chi connectivity index (χ3n) is 2.47. The van der Waals surface area contributed by atoms with Gasteiger partial charge in [-0.3, -0.25) is 0 Å². The first-order valence-electron chi connectivity index (χ1n) is 5.65. The number of unbranched alkanes of at least 4 members (excludes halogenated alkanes) is 1. The monoisotopic (exact) mass is 204 g/mol. The van der Waals surface area contributed by atoms with E-state index in [0.29, 0.717) is 11.7 Å². The van der Waals surface area contributed by atoms with Crippen LogP contribution in [0.3, 0.4) is 0 Å². The van der Waals surface area contributed by atoms with Crippen LogP contribution in [0.2, 0.25) is 0 Å². The van der Waals surface area contributed by atoms with Gasteiger partial charge in [0.25, 0.3) is 0 Å². The molecule has 1 rings (SSSR count). The largest absolute Gasteiger partial charge is 0.507 e. The van der Waals surface area contributed by atoms with E-state index in [4.69, 9.17) is 0 Å². The standard InChI is InChI=1S/C14H20O/c1-4-5-6-8-12-9-7-10-13(11(2)3)14(12)15/h6-11,15H,4-5H2,1-3H3. The summed E-state index contributed by atoms with van der Waals surface area (Å²) in [6, 6.07) is 5.94. The van der Waals surface area contributed by atoms with Crippen molar-refractivity contribution in [1.82, 2.24) is 0 Å². The van der Waals surface area contributed by atoms with Gasteiger partial charge < -0.3 is 5.11 Å².